The number of pyridine rings is 1. The summed E-state index contributed by atoms with van der Waals surface area (Å²) in [4.78, 5) is 24.3. The van der Waals surface area contributed by atoms with E-state index in [2.05, 4.69) is 19.5 Å². The lowest BCUT2D eigenvalue weighted by Crippen LogP contribution is -2.22. The predicted octanol–water partition coefficient (Wildman–Crippen LogP) is 1.19. The monoisotopic (exact) mass is 207 g/mol. The van der Waals surface area contributed by atoms with E-state index in [1.165, 1.54) is 7.11 Å². The van der Waals surface area contributed by atoms with Crippen LogP contribution in [0.5, 0.6) is 0 Å². The van der Waals surface area contributed by atoms with Crippen LogP contribution in [0.25, 0.3) is 5.57 Å². The van der Waals surface area contributed by atoms with Crippen molar-refractivity contribution in [2.75, 3.05) is 7.11 Å². The number of hydrogen-bond donors (Lipinski definition) is 0. The van der Waals surface area contributed by atoms with E-state index in [-0.39, 0.29) is 5.95 Å². The highest BCUT2D eigenvalue weighted by atomic mass is 17.2. The first-order valence-corrected chi connectivity index (χ1v) is 4.32. The van der Waals surface area contributed by atoms with Gasteiger partial charge in [-0.2, -0.15) is 4.89 Å². The SMILES string of the molecule is COOC1=C(c2ccnc(C)c2)C(=O)O1. The lowest BCUT2D eigenvalue weighted by molar-refractivity contribution is -0.272. The molecule has 0 amide bonds. The molecular formula is C10H9NO4. The second kappa shape index (κ2) is 3.70. The summed E-state index contributed by atoms with van der Waals surface area (Å²) in [7, 11) is 1.34. The van der Waals surface area contributed by atoms with Crippen molar-refractivity contribution in [3.63, 3.8) is 0 Å². The van der Waals surface area contributed by atoms with Crippen molar-refractivity contribution < 1.29 is 19.3 Å². The van der Waals surface area contributed by atoms with E-state index >= 15 is 0 Å². The minimum Gasteiger partial charge on any atom is -0.386 e. The van der Waals surface area contributed by atoms with E-state index < -0.39 is 5.97 Å². The standard InChI is InChI=1S/C10H9NO4/c1-6-5-7(3-4-11-6)8-9(12)14-10(8)15-13-2/h3-5H,1-2H3. The number of rotatable bonds is 3. The Labute approximate surface area is 86.2 Å². The average Bonchev–Trinajstić information content (AvgIpc) is 2.17. The maximum atomic E-state index is 11.2. The Morgan fingerprint density at radius 1 is 1.47 bits per heavy atom. The van der Waals surface area contributed by atoms with Crippen LogP contribution < -0.4 is 0 Å². The summed E-state index contributed by atoms with van der Waals surface area (Å²) < 4.78 is 4.66. The second-order valence-electron chi connectivity index (χ2n) is 2.99. The molecular weight excluding hydrogens is 198 g/mol. The van der Waals surface area contributed by atoms with E-state index in [1.807, 2.05) is 6.92 Å². The second-order valence-corrected chi connectivity index (χ2v) is 2.99. The minimum absolute atomic E-state index is 0.0908. The molecule has 2 rings (SSSR count). The van der Waals surface area contributed by atoms with Gasteiger partial charge in [-0.1, -0.05) is 0 Å². The van der Waals surface area contributed by atoms with Crippen LogP contribution in [-0.4, -0.2) is 18.1 Å². The Morgan fingerprint density at radius 2 is 2.27 bits per heavy atom. The fourth-order valence-electron chi connectivity index (χ4n) is 1.29. The lowest BCUT2D eigenvalue weighted by Gasteiger charge is -2.19. The maximum absolute atomic E-state index is 11.2. The molecule has 15 heavy (non-hydrogen) atoms. The third-order valence-corrected chi connectivity index (χ3v) is 1.94. The first kappa shape index (κ1) is 9.67. The lowest BCUT2D eigenvalue weighted by atomic mass is 10.1. The van der Waals surface area contributed by atoms with Crippen molar-refractivity contribution in [3.8, 4) is 0 Å². The van der Waals surface area contributed by atoms with Crippen molar-refractivity contribution in [1.82, 2.24) is 4.98 Å². The molecule has 1 aliphatic rings. The molecule has 1 aliphatic heterocycles. The molecule has 5 heteroatoms. The number of carbonyl (C=O) groups is 1. The fraction of sp³-hybridized carbons (Fsp3) is 0.200. The van der Waals surface area contributed by atoms with Crippen LogP contribution >= 0.6 is 0 Å². The molecule has 0 atom stereocenters. The molecule has 0 aromatic carbocycles. The number of esters is 1. The van der Waals surface area contributed by atoms with Crippen LogP contribution in [0, 0.1) is 6.92 Å². The Morgan fingerprint density at radius 3 is 2.87 bits per heavy atom. The van der Waals surface area contributed by atoms with Gasteiger partial charge in [0.05, 0.1) is 7.11 Å². The zero-order valence-electron chi connectivity index (χ0n) is 8.31. The summed E-state index contributed by atoms with van der Waals surface area (Å²) in [6.07, 6.45) is 1.62. The number of carbonyl (C=O) groups excluding carboxylic acids is 1. The normalized spacial score (nSPS) is 14.7. The summed E-state index contributed by atoms with van der Waals surface area (Å²) in [5.74, 6) is -0.333. The molecule has 0 unspecified atom stereocenters. The highest BCUT2D eigenvalue weighted by Gasteiger charge is 2.34. The summed E-state index contributed by atoms with van der Waals surface area (Å²) in [6, 6.07) is 3.48. The third-order valence-electron chi connectivity index (χ3n) is 1.94. The van der Waals surface area contributed by atoms with Gasteiger partial charge in [-0.25, -0.2) is 4.79 Å². The molecule has 0 saturated carbocycles. The third kappa shape index (κ3) is 1.69. The number of nitrogens with zero attached hydrogens (tertiary/aromatic N) is 1. The average molecular weight is 207 g/mol. The van der Waals surface area contributed by atoms with Gasteiger partial charge in [-0.05, 0) is 24.6 Å². The number of aromatic nitrogens is 1. The largest absolute Gasteiger partial charge is 0.386 e. The Balaban J connectivity index is 2.37. The Kier molecular flexibility index (Phi) is 2.39. The molecule has 0 spiro atoms. The van der Waals surface area contributed by atoms with Crippen molar-refractivity contribution in [3.05, 3.63) is 35.5 Å². The maximum Gasteiger partial charge on any atom is 0.354 e. The molecule has 78 valence electrons. The number of aryl methyl sites for hydroxylation is 1. The van der Waals surface area contributed by atoms with E-state index in [0.29, 0.717) is 11.1 Å². The zero-order chi connectivity index (χ0) is 10.8. The smallest absolute Gasteiger partial charge is 0.354 e. The van der Waals surface area contributed by atoms with Gasteiger partial charge < -0.3 is 4.74 Å². The zero-order valence-corrected chi connectivity index (χ0v) is 8.31. The van der Waals surface area contributed by atoms with Crippen molar-refractivity contribution in [1.29, 1.82) is 0 Å². The summed E-state index contributed by atoms with van der Waals surface area (Å²) in [6.45, 7) is 1.84. The van der Waals surface area contributed by atoms with Crippen LogP contribution in [0.4, 0.5) is 0 Å². The van der Waals surface area contributed by atoms with Gasteiger partial charge in [-0.3, -0.25) is 9.87 Å². The molecule has 1 aromatic rings. The van der Waals surface area contributed by atoms with Crippen LogP contribution in [0.3, 0.4) is 0 Å². The van der Waals surface area contributed by atoms with Crippen LogP contribution in [0.2, 0.25) is 0 Å². The van der Waals surface area contributed by atoms with E-state index in [1.54, 1.807) is 18.3 Å². The highest BCUT2D eigenvalue weighted by molar-refractivity contribution is 6.21. The Bertz CT molecular complexity index is 439. The van der Waals surface area contributed by atoms with Crippen LogP contribution in [0.1, 0.15) is 11.3 Å². The first-order valence-electron chi connectivity index (χ1n) is 4.32. The van der Waals surface area contributed by atoms with Gasteiger partial charge in [-0.15, -0.1) is 0 Å². The topological polar surface area (TPSA) is 57.7 Å². The molecule has 0 saturated heterocycles. The van der Waals surface area contributed by atoms with Crippen molar-refractivity contribution in [2.45, 2.75) is 6.92 Å². The highest BCUT2D eigenvalue weighted by Crippen LogP contribution is 2.30. The molecule has 0 fully saturated rings. The summed E-state index contributed by atoms with van der Waals surface area (Å²) >= 11 is 0. The molecule has 0 radical (unpaired) electrons. The molecule has 0 aliphatic carbocycles. The van der Waals surface area contributed by atoms with Gasteiger partial charge >= 0.3 is 11.9 Å². The van der Waals surface area contributed by atoms with Gasteiger partial charge in [0.25, 0.3) is 0 Å². The minimum atomic E-state index is -0.423. The quantitative estimate of drug-likeness (QED) is 0.423. The van der Waals surface area contributed by atoms with Crippen molar-refractivity contribution in [2.24, 2.45) is 0 Å². The van der Waals surface area contributed by atoms with E-state index in [0.717, 1.165) is 5.69 Å². The number of ether oxygens (including phenoxy) is 1. The number of hydrogen-bond acceptors (Lipinski definition) is 5. The first-order chi connectivity index (χ1) is 7.22. The molecule has 0 bridgehead atoms. The van der Waals surface area contributed by atoms with Crippen LogP contribution in [0.15, 0.2) is 24.3 Å². The summed E-state index contributed by atoms with van der Waals surface area (Å²) in [5, 5.41) is 0. The Hall–Kier alpha value is -1.88. The number of cyclic esters (lactones) is 1. The summed E-state index contributed by atoms with van der Waals surface area (Å²) in [5.41, 5.74) is 1.91. The van der Waals surface area contributed by atoms with Crippen molar-refractivity contribution >= 4 is 11.5 Å². The molecule has 5 nitrogen and oxygen atoms in total. The molecule has 0 N–H and O–H groups in total. The van der Waals surface area contributed by atoms with Gasteiger partial charge in [0, 0.05) is 11.9 Å². The fourth-order valence-corrected chi connectivity index (χ4v) is 1.29. The van der Waals surface area contributed by atoms with Gasteiger partial charge in [0.2, 0.25) is 0 Å². The van der Waals surface area contributed by atoms with Gasteiger partial charge in [0.15, 0.2) is 5.57 Å². The van der Waals surface area contributed by atoms with Gasteiger partial charge in [0.1, 0.15) is 0 Å². The van der Waals surface area contributed by atoms with E-state index in [4.69, 9.17) is 0 Å². The van der Waals surface area contributed by atoms with E-state index in [9.17, 15) is 4.79 Å². The molecule has 1 aromatic heterocycles. The predicted molar refractivity (Wildman–Crippen MR) is 50.1 cm³/mol. The van der Waals surface area contributed by atoms with Crippen LogP contribution in [-0.2, 0) is 19.3 Å². The molecule has 2 heterocycles.